The van der Waals surface area contributed by atoms with Crippen molar-refractivity contribution in [3.8, 4) is 5.75 Å². The largest absolute Gasteiger partial charge is 0.497 e. The molecular weight excluding hydrogens is 323 g/mol. The molecule has 0 aromatic heterocycles. The first-order valence-corrected chi connectivity index (χ1v) is 6.99. The molecule has 0 saturated carbocycles. The Bertz CT molecular complexity index is 729. The summed E-state index contributed by atoms with van der Waals surface area (Å²) in [7, 11) is 2.98. The lowest BCUT2D eigenvalue weighted by Gasteiger charge is -2.13. The summed E-state index contributed by atoms with van der Waals surface area (Å²) in [5.41, 5.74) is 0.131. The van der Waals surface area contributed by atoms with Crippen molar-refractivity contribution in [1.82, 2.24) is 0 Å². The summed E-state index contributed by atoms with van der Waals surface area (Å²) < 4.78 is 48.4. The van der Waals surface area contributed by atoms with E-state index in [0.717, 1.165) is 12.1 Å². The second-order valence-electron chi connectivity index (χ2n) is 4.99. The molecule has 4 nitrogen and oxygen atoms in total. The molecule has 24 heavy (non-hydrogen) atoms. The molecule has 0 radical (unpaired) electrons. The average molecular weight is 339 g/mol. The summed E-state index contributed by atoms with van der Waals surface area (Å²) in [6.45, 7) is 0.238. The highest BCUT2D eigenvalue weighted by molar-refractivity contribution is 6.04. The maximum absolute atomic E-state index is 12.8. The van der Waals surface area contributed by atoms with Crippen molar-refractivity contribution in [2.45, 2.75) is 12.8 Å². The summed E-state index contributed by atoms with van der Waals surface area (Å²) in [4.78, 5) is 12.3. The van der Waals surface area contributed by atoms with E-state index in [0.29, 0.717) is 17.0 Å². The third kappa shape index (κ3) is 4.26. The molecule has 2 aromatic carbocycles. The summed E-state index contributed by atoms with van der Waals surface area (Å²) >= 11 is 0. The van der Waals surface area contributed by atoms with Crippen LogP contribution < -0.4 is 10.1 Å². The number of carbonyl (C=O) groups is 1. The van der Waals surface area contributed by atoms with Gasteiger partial charge in [-0.15, -0.1) is 0 Å². The molecule has 0 unspecified atom stereocenters. The van der Waals surface area contributed by atoms with Gasteiger partial charge >= 0.3 is 6.18 Å². The molecule has 0 bridgehead atoms. The van der Waals surface area contributed by atoms with E-state index in [9.17, 15) is 18.0 Å². The van der Waals surface area contributed by atoms with E-state index in [-0.39, 0.29) is 12.2 Å². The van der Waals surface area contributed by atoms with Gasteiger partial charge in [-0.25, -0.2) is 0 Å². The normalized spacial score (nSPS) is 11.2. The first kappa shape index (κ1) is 17.8. The summed E-state index contributed by atoms with van der Waals surface area (Å²) in [6, 6.07) is 9.24. The predicted octanol–water partition coefficient (Wildman–Crippen LogP) is 4.11. The van der Waals surface area contributed by atoms with E-state index in [4.69, 9.17) is 9.47 Å². The van der Waals surface area contributed by atoms with Gasteiger partial charge in [-0.1, -0.05) is 12.1 Å². The maximum Gasteiger partial charge on any atom is 0.416 e. The van der Waals surface area contributed by atoms with Gasteiger partial charge in [0.25, 0.3) is 5.91 Å². The van der Waals surface area contributed by atoms with Gasteiger partial charge in [-0.05, 0) is 24.3 Å². The fraction of sp³-hybridized carbons (Fsp3) is 0.235. The van der Waals surface area contributed by atoms with Crippen molar-refractivity contribution in [1.29, 1.82) is 0 Å². The van der Waals surface area contributed by atoms with Gasteiger partial charge in [0, 0.05) is 24.3 Å². The van der Waals surface area contributed by atoms with Gasteiger partial charge in [-0.3, -0.25) is 4.79 Å². The lowest BCUT2D eigenvalue weighted by Crippen LogP contribution is -2.15. The monoisotopic (exact) mass is 339 g/mol. The average Bonchev–Trinajstić information content (AvgIpc) is 2.56. The van der Waals surface area contributed by atoms with E-state index in [1.807, 2.05) is 0 Å². The van der Waals surface area contributed by atoms with E-state index in [1.165, 1.54) is 26.4 Å². The zero-order valence-corrected chi connectivity index (χ0v) is 13.1. The molecule has 2 rings (SSSR count). The van der Waals surface area contributed by atoms with Crippen LogP contribution in [0.25, 0.3) is 0 Å². The van der Waals surface area contributed by atoms with Crippen molar-refractivity contribution in [2.24, 2.45) is 0 Å². The van der Waals surface area contributed by atoms with Gasteiger partial charge in [0.15, 0.2) is 0 Å². The molecule has 0 spiro atoms. The van der Waals surface area contributed by atoms with Crippen LogP contribution in [0.1, 0.15) is 21.5 Å². The fourth-order valence-corrected chi connectivity index (χ4v) is 2.11. The molecule has 0 aliphatic rings. The van der Waals surface area contributed by atoms with Crippen LogP contribution in [-0.2, 0) is 17.5 Å². The highest BCUT2D eigenvalue weighted by Gasteiger charge is 2.30. The number of hydrogen-bond acceptors (Lipinski definition) is 3. The van der Waals surface area contributed by atoms with Crippen LogP contribution in [0.5, 0.6) is 5.75 Å². The number of amides is 1. The van der Waals surface area contributed by atoms with E-state index in [1.54, 1.807) is 18.2 Å². The molecule has 7 heteroatoms. The topological polar surface area (TPSA) is 47.6 Å². The quantitative estimate of drug-likeness (QED) is 0.892. The Balaban J connectivity index is 2.29. The zero-order valence-electron chi connectivity index (χ0n) is 13.1. The molecule has 1 amide bonds. The molecule has 128 valence electrons. The minimum absolute atomic E-state index is 0.0870. The number of carbonyl (C=O) groups excluding carboxylic acids is 1. The molecule has 0 aliphatic heterocycles. The molecule has 2 aromatic rings. The number of alkyl halides is 3. The lowest BCUT2D eigenvalue weighted by atomic mass is 10.1. The Hall–Kier alpha value is -2.54. The molecule has 1 N–H and O–H groups in total. The van der Waals surface area contributed by atoms with Crippen LogP contribution in [0.4, 0.5) is 18.9 Å². The third-order valence-corrected chi connectivity index (χ3v) is 3.32. The summed E-state index contributed by atoms with van der Waals surface area (Å²) in [6.07, 6.45) is -4.51. The third-order valence-electron chi connectivity index (χ3n) is 3.32. The molecular formula is C17H16F3NO3. The first-order chi connectivity index (χ1) is 11.3. The number of hydrogen-bond donors (Lipinski definition) is 1. The Morgan fingerprint density at radius 3 is 2.50 bits per heavy atom. The van der Waals surface area contributed by atoms with Gasteiger partial charge in [-0.2, -0.15) is 13.2 Å². The molecule has 0 heterocycles. The number of rotatable bonds is 5. The highest BCUT2D eigenvalue weighted by atomic mass is 19.4. The van der Waals surface area contributed by atoms with Gasteiger partial charge in [0.2, 0.25) is 0 Å². The fourth-order valence-electron chi connectivity index (χ4n) is 2.11. The van der Waals surface area contributed by atoms with Crippen molar-refractivity contribution in [2.75, 3.05) is 19.5 Å². The minimum Gasteiger partial charge on any atom is -0.497 e. The van der Waals surface area contributed by atoms with Crippen LogP contribution in [-0.4, -0.2) is 20.1 Å². The van der Waals surface area contributed by atoms with Crippen LogP contribution in [0.3, 0.4) is 0 Å². The van der Waals surface area contributed by atoms with E-state index in [2.05, 4.69) is 5.32 Å². The zero-order chi connectivity index (χ0) is 17.7. The minimum atomic E-state index is -4.51. The molecule has 0 saturated heterocycles. The number of methoxy groups -OCH3 is 2. The smallest absolute Gasteiger partial charge is 0.416 e. The Morgan fingerprint density at radius 2 is 1.88 bits per heavy atom. The standard InChI is InChI=1S/C17H16F3NO3/c1-23-10-12-6-7-14(24-2)9-15(12)21-16(22)11-4-3-5-13(8-11)17(18,19)20/h3-9H,10H2,1-2H3,(H,21,22). The van der Waals surface area contributed by atoms with Crippen LogP contribution in [0, 0.1) is 0 Å². The van der Waals surface area contributed by atoms with E-state index >= 15 is 0 Å². The molecule has 0 atom stereocenters. The van der Waals surface area contributed by atoms with Gasteiger partial charge in [0.1, 0.15) is 5.75 Å². The Morgan fingerprint density at radius 1 is 1.12 bits per heavy atom. The number of anilines is 1. The van der Waals surface area contributed by atoms with Gasteiger partial charge in [0.05, 0.1) is 25.0 Å². The molecule has 0 aliphatic carbocycles. The second kappa shape index (κ2) is 7.35. The van der Waals surface area contributed by atoms with Crippen LogP contribution in [0.15, 0.2) is 42.5 Å². The number of nitrogens with one attached hydrogen (secondary N) is 1. The number of benzene rings is 2. The molecule has 0 fully saturated rings. The van der Waals surface area contributed by atoms with E-state index < -0.39 is 17.6 Å². The number of ether oxygens (including phenoxy) is 2. The lowest BCUT2D eigenvalue weighted by molar-refractivity contribution is -0.137. The SMILES string of the molecule is COCc1ccc(OC)cc1NC(=O)c1cccc(C(F)(F)F)c1. The van der Waals surface area contributed by atoms with Crippen molar-refractivity contribution >= 4 is 11.6 Å². The van der Waals surface area contributed by atoms with Gasteiger partial charge < -0.3 is 14.8 Å². The maximum atomic E-state index is 12.8. The summed E-state index contributed by atoms with van der Waals surface area (Å²) in [5.74, 6) is -0.138. The first-order valence-electron chi connectivity index (χ1n) is 6.99. The highest BCUT2D eigenvalue weighted by Crippen LogP contribution is 2.30. The van der Waals surface area contributed by atoms with Crippen LogP contribution in [0.2, 0.25) is 0 Å². The van der Waals surface area contributed by atoms with Crippen LogP contribution >= 0.6 is 0 Å². The Kier molecular flexibility index (Phi) is 5.46. The second-order valence-corrected chi connectivity index (χ2v) is 4.99. The summed E-state index contributed by atoms with van der Waals surface area (Å²) in [5, 5.41) is 2.60. The van der Waals surface area contributed by atoms with Crippen molar-refractivity contribution in [3.05, 3.63) is 59.2 Å². The van der Waals surface area contributed by atoms with Crippen molar-refractivity contribution < 1.29 is 27.4 Å². The van der Waals surface area contributed by atoms with Crippen molar-refractivity contribution in [3.63, 3.8) is 0 Å². The number of halogens is 3. The Labute approximate surface area is 137 Å². The predicted molar refractivity (Wildman–Crippen MR) is 83.1 cm³/mol.